The van der Waals surface area contributed by atoms with Crippen LogP contribution in [0, 0.1) is 11.8 Å². The van der Waals surface area contributed by atoms with Gasteiger partial charge in [-0.1, -0.05) is 29.8 Å². The van der Waals surface area contributed by atoms with Crippen LogP contribution in [0.15, 0.2) is 36.7 Å². The number of piperidine rings is 2. The quantitative estimate of drug-likeness (QED) is 0.334. The third kappa shape index (κ3) is 7.62. The second-order valence-electron chi connectivity index (χ2n) is 13.7. The van der Waals surface area contributed by atoms with Gasteiger partial charge in [-0.3, -0.25) is 0 Å². The largest absolute Gasteiger partial charge is 0.444 e. The fourth-order valence-corrected chi connectivity index (χ4v) is 7.09. The Kier molecular flexibility index (Phi) is 9.12. The van der Waals surface area contributed by atoms with Crippen LogP contribution in [0.25, 0.3) is 22.2 Å². The van der Waals surface area contributed by atoms with Gasteiger partial charge in [-0.05, 0) is 83.9 Å². The minimum atomic E-state index is -0.432. The van der Waals surface area contributed by atoms with Crippen molar-refractivity contribution in [1.82, 2.24) is 29.7 Å². The number of carbonyl (C=O) groups is 1. The van der Waals surface area contributed by atoms with Crippen molar-refractivity contribution in [3.63, 3.8) is 0 Å². The summed E-state index contributed by atoms with van der Waals surface area (Å²) in [4.78, 5) is 32.2. The summed E-state index contributed by atoms with van der Waals surface area (Å²) >= 11 is 6.54. The first-order valence-electron chi connectivity index (χ1n) is 16.0. The van der Waals surface area contributed by atoms with Crippen molar-refractivity contribution in [2.75, 3.05) is 57.7 Å². The lowest BCUT2D eigenvalue weighted by Crippen LogP contribution is -2.45. The van der Waals surface area contributed by atoms with Crippen molar-refractivity contribution in [2.24, 2.45) is 11.8 Å². The number of aromatic nitrogens is 3. The Morgan fingerprint density at radius 1 is 1.00 bits per heavy atom. The third-order valence-corrected chi connectivity index (χ3v) is 9.48. The van der Waals surface area contributed by atoms with Gasteiger partial charge >= 0.3 is 6.09 Å². The lowest BCUT2D eigenvalue weighted by Gasteiger charge is -2.38. The third-order valence-electron chi connectivity index (χ3n) is 9.20. The number of ether oxygens (including phenoxy) is 1. The van der Waals surface area contributed by atoms with E-state index in [0.29, 0.717) is 22.9 Å². The molecule has 3 saturated heterocycles. The molecule has 2 aromatic heterocycles. The fraction of sp³-hybridized carbons (Fsp3) is 0.606. The van der Waals surface area contributed by atoms with Crippen LogP contribution in [0.1, 0.15) is 52.9 Å². The first-order valence-corrected chi connectivity index (χ1v) is 16.4. The van der Waals surface area contributed by atoms with Crippen molar-refractivity contribution >= 4 is 34.5 Å². The number of aromatic amines is 1. The minimum Gasteiger partial charge on any atom is -0.444 e. The Morgan fingerprint density at radius 2 is 1.67 bits per heavy atom. The van der Waals surface area contributed by atoms with E-state index in [4.69, 9.17) is 21.3 Å². The highest BCUT2D eigenvalue weighted by Gasteiger charge is 2.30. The summed E-state index contributed by atoms with van der Waals surface area (Å²) in [7, 11) is 0. The van der Waals surface area contributed by atoms with Crippen LogP contribution in [0.3, 0.4) is 0 Å². The monoisotopic (exact) mass is 607 g/mol. The van der Waals surface area contributed by atoms with Gasteiger partial charge in [0.25, 0.3) is 0 Å². The Bertz CT molecular complexity index is 1390. The maximum Gasteiger partial charge on any atom is 0.410 e. The van der Waals surface area contributed by atoms with Crippen LogP contribution in [-0.2, 0) is 4.74 Å². The summed E-state index contributed by atoms with van der Waals surface area (Å²) in [6.07, 6.45) is 9.28. The van der Waals surface area contributed by atoms with E-state index >= 15 is 0 Å². The standard InChI is InChI=1S/C33H46ClN7O2/c1-33(2,3)43-32(42)41-16-10-24(11-17-41)20-39-13-8-23(9-14-39)21-40-15-12-25(22-40)37-31-36-19-28(34)30(38-31)27-18-35-29-7-5-4-6-26(27)29/h4-7,18-19,23-25,35H,8-17,20-22H2,1-3H3,(H,36,37,38)/t25-/m1/s1. The number of likely N-dealkylation sites (tertiary alicyclic amines) is 3. The Morgan fingerprint density at radius 3 is 2.42 bits per heavy atom. The van der Waals surface area contributed by atoms with Crippen molar-refractivity contribution in [2.45, 2.75) is 64.5 Å². The lowest BCUT2D eigenvalue weighted by molar-refractivity contribution is 0.0162. The molecule has 0 spiro atoms. The fourth-order valence-electron chi connectivity index (χ4n) is 6.90. The number of hydrogen-bond donors (Lipinski definition) is 2. The van der Waals surface area contributed by atoms with E-state index in [9.17, 15) is 4.79 Å². The van der Waals surface area contributed by atoms with Crippen LogP contribution in [0.5, 0.6) is 0 Å². The predicted molar refractivity (Wildman–Crippen MR) is 172 cm³/mol. The van der Waals surface area contributed by atoms with E-state index in [-0.39, 0.29) is 6.09 Å². The predicted octanol–water partition coefficient (Wildman–Crippen LogP) is 6.12. The van der Waals surface area contributed by atoms with Crippen LogP contribution in [-0.4, -0.2) is 99.7 Å². The molecule has 6 rings (SSSR count). The number of anilines is 1. The molecule has 0 radical (unpaired) electrons. The summed E-state index contributed by atoms with van der Waals surface area (Å²) < 4.78 is 5.56. The van der Waals surface area contributed by atoms with E-state index in [1.54, 1.807) is 6.20 Å². The summed E-state index contributed by atoms with van der Waals surface area (Å²) in [5.41, 5.74) is 2.39. The van der Waals surface area contributed by atoms with E-state index in [2.05, 4.69) is 37.2 Å². The minimum absolute atomic E-state index is 0.165. The second-order valence-corrected chi connectivity index (χ2v) is 14.1. The number of H-pyrrole nitrogens is 1. The molecule has 3 aliphatic heterocycles. The number of rotatable bonds is 7. The molecule has 232 valence electrons. The van der Waals surface area contributed by atoms with E-state index in [1.807, 2.05) is 44.0 Å². The maximum atomic E-state index is 12.4. The SMILES string of the molecule is CC(C)(C)OC(=O)N1CCC(CN2CCC(CN3CC[C@@H](Nc4ncc(Cl)c(-c5c[nH]c6ccccc56)n4)C3)CC2)CC1. The number of carbonyl (C=O) groups excluding carboxylic acids is 1. The van der Waals surface area contributed by atoms with Gasteiger partial charge in [-0.15, -0.1) is 0 Å². The van der Waals surface area contributed by atoms with Gasteiger partial charge in [0.15, 0.2) is 0 Å². The molecule has 0 saturated carbocycles. The number of fused-ring (bicyclic) bond motifs is 1. The molecule has 5 heterocycles. The number of benzene rings is 1. The second kappa shape index (κ2) is 13.0. The van der Waals surface area contributed by atoms with Crippen LogP contribution in [0.4, 0.5) is 10.7 Å². The van der Waals surface area contributed by atoms with Crippen molar-refractivity contribution in [3.05, 3.63) is 41.7 Å². The molecule has 0 bridgehead atoms. The molecule has 3 aromatic rings. The van der Waals surface area contributed by atoms with Crippen LogP contribution < -0.4 is 5.32 Å². The summed E-state index contributed by atoms with van der Waals surface area (Å²) in [5, 5.41) is 5.25. The van der Waals surface area contributed by atoms with Crippen LogP contribution >= 0.6 is 11.6 Å². The Labute approximate surface area is 260 Å². The smallest absolute Gasteiger partial charge is 0.410 e. The molecular formula is C33H46ClN7O2. The van der Waals surface area contributed by atoms with Gasteiger partial charge in [-0.25, -0.2) is 14.8 Å². The lowest BCUT2D eigenvalue weighted by atomic mass is 9.92. The summed E-state index contributed by atoms with van der Waals surface area (Å²) in [6, 6.07) is 8.54. The number of halogens is 1. The van der Waals surface area contributed by atoms with Gasteiger partial charge in [0.2, 0.25) is 5.95 Å². The molecule has 0 aliphatic carbocycles. The van der Waals surface area contributed by atoms with Gasteiger partial charge < -0.3 is 29.7 Å². The zero-order valence-corrected chi connectivity index (χ0v) is 26.6. The molecule has 1 amide bonds. The van der Waals surface area contributed by atoms with E-state index in [1.165, 1.54) is 32.5 Å². The highest BCUT2D eigenvalue weighted by atomic mass is 35.5. The normalized spacial score (nSPS) is 21.5. The van der Waals surface area contributed by atoms with E-state index < -0.39 is 5.60 Å². The van der Waals surface area contributed by atoms with Gasteiger partial charge in [0, 0.05) is 68.0 Å². The molecule has 3 aliphatic rings. The molecular weight excluding hydrogens is 562 g/mol. The molecule has 1 aromatic carbocycles. The first kappa shape index (κ1) is 30.2. The number of hydrogen-bond acceptors (Lipinski definition) is 7. The van der Waals surface area contributed by atoms with Crippen LogP contribution in [0.2, 0.25) is 5.02 Å². The maximum absolute atomic E-state index is 12.4. The average Bonchev–Trinajstić information content (AvgIpc) is 3.61. The van der Waals surface area contributed by atoms with E-state index in [0.717, 1.165) is 80.1 Å². The van der Waals surface area contributed by atoms with Crippen molar-refractivity contribution in [1.29, 1.82) is 0 Å². The number of amides is 1. The molecule has 2 N–H and O–H groups in total. The highest BCUT2D eigenvalue weighted by Crippen LogP contribution is 2.33. The Balaban J connectivity index is 0.927. The zero-order valence-electron chi connectivity index (χ0n) is 25.8. The van der Waals surface area contributed by atoms with Crippen molar-refractivity contribution in [3.8, 4) is 11.3 Å². The topological polar surface area (TPSA) is 89.6 Å². The number of nitrogens with zero attached hydrogens (tertiary/aromatic N) is 5. The summed E-state index contributed by atoms with van der Waals surface area (Å²) in [5.74, 6) is 2.07. The first-order chi connectivity index (χ1) is 20.7. The molecule has 10 heteroatoms. The highest BCUT2D eigenvalue weighted by molar-refractivity contribution is 6.33. The average molecular weight is 608 g/mol. The number of para-hydroxylation sites is 1. The molecule has 43 heavy (non-hydrogen) atoms. The van der Waals surface area contributed by atoms with Gasteiger partial charge in [0.1, 0.15) is 5.60 Å². The molecule has 3 fully saturated rings. The summed E-state index contributed by atoms with van der Waals surface area (Å²) in [6.45, 7) is 14.2. The zero-order chi connectivity index (χ0) is 30.0. The van der Waals surface area contributed by atoms with Gasteiger partial charge in [-0.2, -0.15) is 0 Å². The molecule has 9 nitrogen and oxygen atoms in total. The molecule has 1 atom stereocenters. The van der Waals surface area contributed by atoms with Gasteiger partial charge in [0.05, 0.1) is 16.9 Å². The number of nitrogens with one attached hydrogen (secondary N) is 2. The molecule has 0 unspecified atom stereocenters. The van der Waals surface area contributed by atoms with Crippen molar-refractivity contribution < 1.29 is 9.53 Å². The Hall–Kier alpha value is -2.88.